The van der Waals surface area contributed by atoms with Crippen LogP contribution in [0.5, 0.6) is 0 Å². The Bertz CT molecular complexity index is 473. The molecule has 5 heteroatoms. The van der Waals surface area contributed by atoms with Crippen molar-refractivity contribution in [2.75, 3.05) is 5.32 Å². The third kappa shape index (κ3) is 2.76. The molecule has 0 atom stereocenters. The largest absolute Gasteiger partial charge is 0.350 e. The third-order valence-electron chi connectivity index (χ3n) is 2.02. The first kappa shape index (κ1) is 11.0. The SMILES string of the molecule is Fc1ccccc1CNc1ncc(Br)cn1. The number of hydrogen-bond donors (Lipinski definition) is 1. The summed E-state index contributed by atoms with van der Waals surface area (Å²) < 4.78 is 14.1. The molecule has 0 spiro atoms. The first-order valence-corrected chi connectivity index (χ1v) is 5.50. The maximum absolute atomic E-state index is 13.3. The van der Waals surface area contributed by atoms with Crippen molar-refractivity contribution in [3.8, 4) is 0 Å². The van der Waals surface area contributed by atoms with Gasteiger partial charge in [-0.1, -0.05) is 18.2 Å². The van der Waals surface area contributed by atoms with Crippen LogP contribution in [0.1, 0.15) is 5.56 Å². The van der Waals surface area contributed by atoms with Crippen molar-refractivity contribution < 1.29 is 4.39 Å². The summed E-state index contributed by atoms with van der Waals surface area (Å²) in [5, 5.41) is 2.95. The topological polar surface area (TPSA) is 37.8 Å². The van der Waals surface area contributed by atoms with E-state index in [1.807, 2.05) is 0 Å². The number of halogens is 2. The van der Waals surface area contributed by atoms with Gasteiger partial charge in [-0.2, -0.15) is 0 Å². The number of rotatable bonds is 3. The summed E-state index contributed by atoms with van der Waals surface area (Å²) in [6.07, 6.45) is 3.27. The van der Waals surface area contributed by atoms with Gasteiger partial charge in [0.15, 0.2) is 0 Å². The van der Waals surface area contributed by atoms with Gasteiger partial charge in [0.25, 0.3) is 0 Å². The zero-order chi connectivity index (χ0) is 11.4. The number of hydrogen-bond acceptors (Lipinski definition) is 3. The highest BCUT2D eigenvalue weighted by Gasteiger charge is 2.01. The molecule has 0 aliphatic rings. The van der Waals surface area contributed by atoms with Crippen LogP contribution in [0.2, 0.25) is 0 Å². The maximum Gasteiger partial charge on any atom is 0.222 e. The lowest BCUT2D eigenvalue weighted by atomic mass is 10.2. The highest BCUT2D eigenvalue weighted by Crippen LogP contribution is 2.10. The molecule has 3 nitrogen and oxygen atoms in total. The molecule has 0 radical (unpaired) electrons. The third-order valence-corrected chi connectivity index (χ3v) is 2.42. The van der Waals surface area contributed by atoms with Gasteiger partial charge in [-0.3, -0.25) is 0 Å². The monoisotopic (exact) mass is 281 g/mol. The second-order valence-corrected chi connectivity index (χ2v) is 4.09. The Hall–Kier alpha value is -1.49. The average molecular weight is 282 g/mol. The van der Waals surface area contributed by atoms with Gasteiger partial charge in [-0.15, -0.1) is 0 Å². The molecule has 1 aromatic carbocycles. The Morgan fingerprint density at radius 3 is 2.56 bits per heavy atom. The van der Waals surface area contributed by atoms with Crippen LogP contribution in [0, 0.1) is 5.82 Å². The zero-order valence-corrected chi connectivity index (χ0v) is 9.91. The first-order valence-electron chi connectivity index (χ1n) is 4.70. The summed E-state index contributed by atoms with van der Waals surface area (Å²) >= 11 is 3.24. The zero-order valence-electron chi connectivity index (χ0n) is 8.32. The molecule has 0 fully saturated rings. The summed E-state index contributed by atoms with van der Waals surface area (Å²) in [6.45, 7) is 0.369. The molecule has 0 bridgehead atoms. The molecule has 2 rings (SSSR count). The number of benzene rings is 1. The van der Waals surface area contributed by atoms with E-state index in [0.29, 0.717) is 18.1 Å². The van der Waals surface area contributed by atoms with Gasteiger partial charge in [0.1, 0.15) is 5.82 Å². The quantitative estimate of drug-likeness (QED) is 0.940. The summed E-state index contributed by atoms with van der Waals surface area (Å²) in [5.41, 5.74) is 0.592. The van der Waals surface area contributed by atoms with Crippen molar-refractivity contribution >= 4 is 21.9 Å². The van der Waals surface area contributed by atoms with Crippen LogP contribution >= 0.6 is 15.9 Å². The molecule has 0 aliphatic heterocycles. The fourth-order valence-electron chi connectivity index (χ4n) is 1.22. The Kier molecular flexibility index (Phi) is 3.46. The van der Waals surface area contributed by atoms with Gasteiger partial charge in [0.2, 0.25) is 5.95 Å². The normalized spacial score (nSPS) is 10.1. The Morgan fingerprint density at radius 2 is 1.88 bits per heavy atom. The van der Waals surface area contributed by atoms with Gasteiger partial charge < -0.3 is 5.32 Å². The highest BCUT2D eigenvalue weighted by molar-refractivity contribution is 9.10. The van der Waals surface area contributed by atoms with Gasteiger partial charge in [-0.05, 0) is 22.0 Å². The molecule has 0 saturated heterocycles. The lowest BCUT2D eigenvalue weighted by Gasteiger charge is -2.05. The van der Waals surface area contributed by atoms with Crippen LogP contribution in [0.15, 0.2) is 41.1 Å². The van der Waals surface area contributed by atoms with Crippen LogP contribution in [0.3, 0.4) is 0 Å². The van der Waals surface area contributed by atoms with Crippen molar-refractivity contribution in [1.82, 2.24) is 9.97 Å². The molecule has 82 valence electrons. The van der Waals surface area contributed by atoms with E-state index in [9.17, 15) is 4.39 Å². The molecule has 2 aromatic rings. The van der Waals surface area contributed by atoms with Crippen LogP contribution in [-0.4, -0.2) is 9.97 Å². The van der Waals surface area contributed by atoms with Crippen LogP contribution in [0.25, 0.3) is 0 Å². The van der Waals surface area contributed by atoms with Crippen molar-refractivity contribution in [2.24, 2.45) is 0 Å². The van der Waals surface area contributed by atoms with Crippen LogP contribution in [-0.2, 0) is 6.54 Å². The van der Waals surface area contributed by atoms with Crippen LogP contribution < -0.4 is 5.32 Å². The smallest absolute Gasteiger partial charge is 0.222 e. The van der Waals surface area contributed by atoms with Gasteiger partial charge in [0.05, 0.1) is 4.47 Å². The molecule has 0 amide bonds. The maximum atomic E-state index is 13.3. The molecule has 16 heavy (non-hydrogen) atoms. The number of anilines is 1. The highest BCUT2D eigenvalue weighted by atomic mass is 79.9. The molecule has 1 heterocycles. The fraction of sp³-hybridized carbons (Fsp3) is 0.0909. The minimum Gasteiger partial charge on any atom is -0.350 e. The lowest BCUT2D eigenvalue weighted by Crippen LogP contribution is -2.04. The summed E-state index contributed by atoms with van der Waals surface area (Å²) in [6, 6.07) is 6.61. The van der Waals surface area contributed by atoms with E-state index in [-0.39, 0.29) is 5.82 Å². The van der Waals surface area contributed by atoms with E-state index >= 15 is 0 Å². The molecule has 1 aromatic heterocycles. The van der Waals surface area contributed by atoms with Crippen molar-refractivity contribution in [1.29, 1.82) is 0 Å². The summed E-state index contributed by atoms with van der Waals surface area (Å²) in [4.78, 5) is 8.06. The second kappa shape index (κ2) is 5.03. The average Bonchev–Trinajstić information content (AvgIpc) is 2.30. The standard InChI is InChI=1S/C11H9BrFN3/c12-9-6-15-11(16-7-9)14-5-8-3-1-2-4-10(8)13/h1-4,6-7H,5H2,(H,14,15,16). The number of nitrogens with zero attached hydrogens (tertiary/aromatic N) is 2. The first-order chi connectivity index (χ1) is 7.75. The fourth-order valence-corrected chi connectivity index (χ4v) is 1.42. The summed E-state index contributed by atoms with van der Waals surface area (Å²) in [5.74, 6) is 0.249. The van der Waals surface area contributed by atoms with Gasteiger partial charge in [0, 0.05) is 24.5 Å². The molecular formula is C11H9BrFN3. The Morgan fingerprint density at radius 1 is 1.19 bits per heavy atom. The van der Waals surface area contributed by atoms with E-state index in [1.54, 1.807) is 30.6 Å². The Labute approximate surface area is 101 Å². The van der Waals surface area contributed by atoms with E-state index in [2.05, 4.69) is 31.2 Å². The van der Waals surface area contributed by atoms with Crippen molar-refractivity contribution in [3.63, 3.8) is 0 Å². The van der Waals surface area contributed by atoms with Gasteiger partial charge in [-0.25, -0.2) is 14.4 Å². The summed E-state index contributed by atoms with van der Waals surface area (Å²) in [7, 11) is 0. The molecular weight excluding hydrogens is 273 g/mol. The van der Waals surface area contributed by atoms with Crippen molar-refractivity contribution in [2.45, 2.75) is 6.54 Å². The van der Waals surface area contributed by atoms with Crippen molar-refractivity contribution in [3.05, 3.63) is 52.5 Å². The van der Waals surface area contributed by atoms with E-state index in [1.165, 1.54) is 6.07 Å². The molecule has 0 unspecified atom stereocenters. The molecule has 1 N–H and O–H groups in total. The van der Waals surface area contributed by atoms with E-state index in [4.69, 9.17) is 0 Å². The predicted molar refractivity (Wildman–Crippen MR) is 63.5 cm³/mol. The minimum atomic E-state index is -0.230. The van der Waals surface area contributed by atoms with Gasteiger partial charge >= 0.3 is 0 Å². The van der Waals surface area contributed by atoms with Crippen LogP contribution in [0.4, 0.5) is 10.3 Å². The molecule has 0 saturated carbocycles. The Balaban J connectivity index is 2.02. The second-order valence-electron chi connectivity index (χ2n) is 3.17. The molecule has 0 aliphatic carbocycles. The van der Waals surface area contributed by atoms with E-state index in [0.717, 1.165) is 4.47 Å². The number of aromatic nitrogens is 2. The van der Waals surface area contributed by atoms with E-state index < -0.39 is 0 Å². The predicted octanol–water partition coefficient (Wildman–Crippen LogP) is 2.99. The number of nitrogens with one attached hydrogen (secondary N) is 1. The lowest BCUT2D eigenvalue weighted by molar-refractivity contribution is 0.612. The minimum absolute atomic E-state index is 0.230.